The van der Waals surface area contributed by atoms with Crippen molar-refractivity contribution in [3.63, 3.8) is 0 Å². The number of pyridine rings is 1. The van der Waals surface area contributed by atoms with Crippen LogP contribution in [0, 0.1) is 0 Å². The van der Waals surface area contributed by atoms with E-state index in [1.165, 1.54) is 5.39 Å². The smallest absolute Gasteiger partial charge is 0.151 e. The lowest BCUT2D eigenvalue weighted by atomic mass is 10.1. The number of aromatic nitrogens is 2. The molecule has 0 fully saturated rings. The largest absolute Gasteiger partial charge is 0.457 e. The van der Waals surface area contributed by atoms with Crippen molar-refractivity contribution >= 4 is 38.9 Å². The molecule has 2 aromatic heterocycles. The van der Waals surface area contributed by atoms with Gasteiger partial charge in [-0.15, -0.1) is 0 Å². The van der Waals surface area contributed by atoms with Crippen molar-refractivity contribution in [3.8, 4) is 28.8 Å². The summed E-state index contributed by atoms with van der Waals surface area (Å²) in [6, 6.07) is 45.3. The van der Waals surface area contributed by atoms with E-state index in [0.717, 1.165) is 68.1 Å². The highest BCUT2D eigenvalue weighted by Crippen LogP contribution is 2.49. The second-order valence-electron chi connectivity index (χ2n) is 11.5. The molecule has 0 unspecified atom stereocenters. The molecule has 0 bridgehead atoms. The van der Waals surface area contributed by atoms with Crippen molar-refractivity contribution in [2.24, 2.45) is 0 Å². The molecule has 46 heavy (non-hydrogen) atoms. The molecular formula is C39H29N5O2. The summed E-state index contributed by atoms with van der Waals surface area (Å²) in [5.74, 6) is 5.14. The van der Waals surface area contributed by atoms with E-state index < -0.39 is 0 Å². The summed E-state index contributed by atoms with van der Waals surface area (Å²) in [5.41, 5.74) is 5.22. The van der Waals surface area contributed by atoms with Crippen LogP contribution >= 0.6 is 0 Å². The summed E-state index contributed by atoms with van der Waals surface area (Å²) in [6.07, 6.45) is 4.02. The Hall–Kier alpha value is -6.21. The number of ether oxygens (including phenoxy) is 2. The number of hydrogen-bond acceptors (Lipinski definition) is 6. The number of nitrogens with zero attached hydrogens (tertiary/aromatic N) is 5. The van der Waals surface area contributed by atoms with E-state index in [2.05, 4.69) is 98.2 Å². The van der Waals surface area contributed by atoms with Crippen molar-refractivity contribution in [3.05, 3.63) is 152 Å². The Balaban J connectivity index is 1.06. The lowest BCUT2D eigenvalue weighted by Crippen LogP contribution is -2.30. The van der Waals surface area contributed by atoms with Crippen LogP contribution < -0.4 is 19.3 Å². The molecule has 7 heteroatoms. The van der Waals surface area contributed by atoms with Gasteiger partial charge in [0.15, 0.2) is 11.5 Å². The van der Waals surface area contributed by atoms with Crippen LogP contribution in [0.15, 0.2) is 152 Å². The van der Waals surface area contributed by atoms with Gasteiger partial charge in [0.2, 0.25) is 0 Å². The second-order valence-corrected chi connectivity index (χ2v) is 11.5. The van der Waals surface area contributed by atoms with Crippen LogP contribution in [0.3, 0.4) is 0 Å². The third kappa shape index (κ3) is 4.24. The van der Waals surface area contributed by atoms with E-state index >= 15 is 0 Å². The number of para-hydroxylation sites is 5. The zero-order chi connectivity index (χ0) is 30.6. The summed E-state index contributed by atoms with van der Waals surface area (Å²) < 4.78 is 15.0. The van der Waals surface area contributed by atoms with Gasteiger partial charge in [0, 0.05) is 48.0 Å². The van der Waals surface area contributed by atoms with Gasteiger partial charge in [0.1, 0.15) is 23.1 Å². The van der Waals surface area contributed by atoms with Gasteiger partial charge in [0.25, 0.3) is 0 Å². The molecule has 222 valence electrons. The third-order valence-corrected chi connectivity index (χ3v) is 8.60. The molecule has 2 aliphatic heterocycles. The normalized spacial score (nSPS) is 13.8. The highest BCUT2D eigenvalue weighted by Gasteiger charge is 2.32. The van der Waals surface area contributed by atoms with Crippen molar-refractivity contribution < 1.29 is 9.47 Å². The molecule has 4 heterocycles. The standard InChI is InChI=1S/C39H29N5O2/c1-41-26-42(25-39(41)44-33-15-4-6-17-36(33)46-37-18-7-5-16-34(37)44)27-11-10-12-28(23-27)45-29-20-21-31-30-13-2-3-14-32(30)43(35(31)24-29)38-19-8-9-22-40-38/h2-25H,26H2,1H3. The Kier molecular flexibility index (Phi) is 5.96. The van der Waals surface area contributed by atoms with Crippen LogP contribution in [0.4, 0.5) is 17.1 Å². The fraction of sp³-hybridized carbons (Fsp3) is 0.0513. The van der Waals surface area contributed by atoms with Crippen LogP contribution in [0.5, 0.6) is 23.0 Å². The molecule has 7 nitrogen and oxygen atoms in total. The van der Waals surface area contributed by atoms with Crippen molar-refractivity contribution in [2.75, 3.05) is 23.5 Å². The average molecular weight is 600 g/mol. The van der Waals surface area contributed by atoms with Gasteiger partial charge in [-0.1, -0.05) is 54.6 Å². The van der Waals surface area contributed by atoms with E-state index in [-0.39, 0.29) is 0 Å². The van der Waals surface area contributed by atoms with Crippen molar-refractivity contribution in [1.29, 1.82) is 0 Å². The maximum atomic E-state index is 6.51. The lowest BCUT2D eigenvalue weighted by Gasteiger charge is -2.35. The molecule has 0 amide bonds. The predicted molar refractivity (Wildman–Crippen MR) is 183 cm³/mol. The highest BCUT2D eigenvalue weighted by molar-refractivity contribution is 6.09. The Morgan fingerprint density at radius 3 is 2.17 bits per heavy atom. The Morgan fingerprint density at radius 2 is 1.37 bits per heavy atom. The third-order valence-electron chi connectivity index (χ3n) is 8.60. The topological polar surface area (TPSA) is 46.0 Å². The maximum Gasteiger partial charge on any atom is 0.151 e. The van der Waals surface area contributed by atoms with Gasteiger partial charge in [-0.05, 0) is 66.7 Å². The SMILES string of the molecule is CN1CN(c2cccc(Oc3ccc4c5ccccc5n(-c5ccccn5)c4c3)c2)C=C1N1c2ccccc2Oc2ccccc21. The molecule has 9 rings (SSSR count). The molecular weight excluding hydrogens is 570 g/mol. The number of anilines is 3. The Labute approximate surface area is 266 Å². The average Bonchev–Trinajstić information content (AvgIpc) is 3.65. The highest BCUT2D eigenvalue weighted by atomic mass is 16.5. The summed E-state index contributed by atoms with van der Waals surface area (Å²) >= 11 is 0. The van der Waals surface area contributed by atoms with Crippen LogP contribution in [0.2, 0.25) is 0 Å². The fourth-order valence-electron chi connectivity index (χ4n) is 6.52. The van der Waals surface area contributed by atoms with Gasteiger partial charge in [0.05, 0.1) is 29.1 Å². The van der Waals surface area contributed by atoms with E-state index in [9.17, 15) is 0 Å². The minimum atomic E-state index is 0.691. The molecule has 7 aromatic rings. The molecule has 0 saturated heterocycles. The first-order chi connectivity index (χ1) is 22.7. The van der Waals surface area contributed by atoms with Crippen molar-refractivity contribution in [2.45, 2.75) is 0 Å². The van der Waals surface area contributed by atoms with E-state index in [1.54, 1.807) is 0 Å². The van der Waals surface area contributed by atoms with Crippen LogP contribution in [-0.2, 0) is 0 Å². The van der Waals surface area contributed by atoms with E-state index in [0.29, 0.717) is 6.67 Å². The molecule has 0 atom stereocenters. The monoisotopic (exact) mass is 599 g/mol. The van der Waals surface area contributed by atoms with Gasteiger partial charge in [-0.3, -0.25) is 9.47 Å². The molecule has 0 radical (unpaired) electrons. The Bertz CT molecular complexity index is 2250. The first-order valence-electron chi connectivity index (χ1n) is 15.3. The molecule has 2 aliphatic rings. The van der Waals surface area contributed by atoms with Gasteiger partial charge >= 0.3 is 0 Å². The van der Waals surface area contributed by atoms with Crippen LogP contribution in [0.25, 0.3) is 27.6 Å². The predicted octanol–water partition coefficient (Wildman–Crippen LogP) is 9.42. The number of benzene rings is 5. The zero-order valence-corrected chi connectivity index (χ0v) is 25.1. The minimum Gasteiger partial charge on any atom is -0.457 e. The van der Waals surface area contributed by atoms with E-state index in [1.807, 2.05) is 79.0 Å². The van der Waals surface area contributed by atoms with E-state index in [4.69, 9.17) is 9.47 Å². The second kappa shape index (κ2) is 10.5. The fourth-order valence-corrected chi connectivity index (χ4v) is 6.52. The quantitative estimate of drug-likeness (QED) is 0.196. The summed E-state index contributed by atoms with van der Waals surface area (Å²) in [5, 5.41) is 2.34. The van der Waals surface area contributed by atoms with Crippen LogP contribution in [0.1, 0.15) is 0 Å². The van der Waals surface area contributed by atoms with Gasteiger partial charge in [-0.2, -0.15) is 0 Å². The number of fused-ring (bicyclic) bond motifs is 5. The molecule has 0 N–H and O–H groups in total. The molecule has 0 aliphatic carbocycles. The summed E-state index contributed by atoms with van der Waals surface area (Å²) in [6.45, 7) is 0.691. The first kappa shape index (κ1) is 26.2. The van der Waals surface area contributed by atoms with Crippen LogP contribution in [-0.4, -0.2) is 28.2 Å². The Morgan fingerprint density at radius 1 is 0.652 bits per heavy atom. The van der Waals surface area contributed by atoms with Gasteiger partial charge < -0.3 is 19.3 Å². The summed E-state index contributed by atoms with van der Waals surface area (Å²) in [4.78, 5) is 11.4. The number of hydrogen-bond donors (Lipinski definition) is 0. The van der Waals surface area contributed by atoms with Gasteiger partial charge in [-0.25, -0.2) is 4.98 Å². The number of rotatable bonds is 5. The lowest BCUT2D eigenvalue weighted by molar-refractivity contribution is 0.436. The zero-order valence-electron chi connectivity index (χ0n) is 25.1. The van der Waals surface area contributed by atoms with Crippen molar-refractivity contribution in [1.82, 2.24) is 14.5 Å². The minimum absolute atomic E-state index is 0.691. The molecule has 5 aromatic carbocycles. The maximum absolute atomic E-state index is 6.51. The molecule has 0 saturated carbocycles. The first-order valence-corrected chi connectivity index (χ1v) is 15.3. The molecule has 0 spiro atoms. The summed E-state index contributed by atoms with van der Waals surface area (Å²) in [7, 11) is 2.11.